The largest absolute Gasteiger partial charge is 0.755 e. The minimum atomic E-state index is -2.97. The second-order valence-corrected chi connectivity index (χ2v) is 9.56. The summed E-state index contributed by atoms with van der Waals surface area (Å²) >= 11 is -2.97. The molecular formula is C28H25FNO5S-. The lowest BCUT2D eigenvalue weighted by molar-refractivity contribution is -0.139. The van der Waals surface area contributed by atoms with Gasteiger partial charge in [0.2, 0.25) is 0 Å². The predicted octanol–water partition coefficient (Wildman–Crippen LogP) is 5.93. The molecule has 0 bridgehead atoms. The first-order valence-corrected chi connectivity index (χ1v) is 12.4. The maximum absolute atomic E-state index is 15.0. The molecule has 0 radical (unpaired) electrons. The van der Waals surface area contributed by atoms with Crippen molar-refractivity contribution in [3.05, 3.63) is 96.3 Å². The summed E-state index contributed by atoms with van der Waals surface area (Å²) in [4.78, 5) is 11.6. The van der Waals surface area contributed by atoms with E-state index < -0.39 is 35.0 Å². The molecule has 4 rings (SSSR count). The zero-order chi connectivity index (χ0) is 25.8. The van der Waals surface area contributed by atoms with Gasteiger partial charge in [0.1, 0.15) is 24.2 Å². The molecule has 186 valence electrons. The predicted molar refractivity (Wildman–Crippen MR) is 138 cm³/mol. The lowest BCUT2D eigenvalue weighted by atomic mass is 10.0. The fraction of sp³-hybridized carbons (Fsp3) is 0.179. The van der Waals surface area contributed by atoms with E-state index in [4.69, 9.17) is 4.74 Å². The Bertz CT molecular complexity index is 1410. The van der Waals surface area contributed by atoms with E-state index in [1.54, 1.807) is 44.2 Å². The number of ether oxygens (including phenoxy) is 1. The van der Waals surface area contributed by atoms with Gasteiger partial charge in [-0.25, -0.2) is 9.18 Å². The fourth-order valence-electron chi connectivity index (χ4n) is 4.08. The highest BCUT2D eigenvalue weighted by Crippen LogP contribution is 2.31. The van der Waals surface area contributed by atoms with Crippen molar-refractivity contribution < 1.29 is 27.8 Å². The monoisotopic (exact) mass is 506 g/mol. The van der Waals surface area contributed by atoms with Gasteiger partial charge in [-0.15, -0.1) is 0 Å². The van der Waals surface area contributed by atoms with Crippen molar-refractivity contribution >= 4 is 33.7 Å². The van der Waals surface area contributed by atoms with Gasteiger partial charge in [0.25, 0.3) is 0 Å². The second-order valence-electron chi connectivity index (χ2n) is 8.73. The summed E-state index contributed by atoms with van der Waals surface area (Å²) in [5, 5.41) is 11.8. The van der Waals surface area contributed by atoms with E-state index in [9.17, 15) is 23.1 Å². The summed E-state index contributed by atoms with van der Waals surface area (Å²) in [7, 11) is 0. The number of aliphatic carboxylic acids is 1. The van der Waals surface area contributed by atoms with Gasteiger partial charge in [0, 0.05) is 11.3 Å². The van der Waals surface area contributed by atoms with Crippen LogP contribution in [0.3, 0.4) is 0 Å². The van der Waals surface area contributed by atoms with Crippen LogP contribution in [0.2, 0.25) is 0 Å². The lowest BCUT2D eigenvalue weighted by Gasteiger charge is -2.34. The highest BCUT2D eigenvalue weighted by Gasteiger charge is 2.31. The van der Waals surface area contributed by atoms with Crippen molar-refractivity contribution in [1.29, 1.82) is 0 Å². The second kappa shape index (κ2) is 10.9. The molecule has 0 aliphatic rings. The number of rotatable bonds is 9. The van der Waals surface area contributed by atoms with E-state index in [-0.39, 0.29) is 5.69 Å². The normalized spacial score (nSPS) is 12.9. The van der Waals surface area contributed by atoms with Crippen LogP contribution < -0.4 is 9.04 Å². The molecule has 0 aromatic heterocycles. The summed E-state index contributed by atoms with van der Waals surface area (Å²) in [6.07, 6.45) is 0. The molecule has 0 aliphatic carbocycles. The number of carboxylic acid groups (broad SMARTS) is 1. The lowest BCUT2D eigenvalue weighted by Crippen LogP contribution is -2.46. The van der Waals surface area contributed by atoms with Crippen LogP contribution in [0.4, 0.5) is 10.1 Å². The third kappa shape index (κ3) is 5.56. The molecular weight excluding hydrogens is 481 g/mol. The number of hydrogen-bond donors (Lipinski definition) is 1. The number of halogens is 1. The van der Waals surface area contributed by atoms with Gasteiger partial charge in [-0.2, -0.15) is 0 Å². The Morgan fingerprint density at radius 3 is 2.25 bits per heavy atom. The molecule has 6 nitrogen and oxygen atoms in total. The summed E-state index contributed by atoms with van der Waals surface area (Å²) in [5.74, 6) is -2.10. The van der Waals surface area contributed by atoms with Gasteiger partial charge in [-0.3, -0.25) is 8.51 Å². The number of carbonyl (C=O) groups is 1. The zero-order valence-electron chi connectivity index (χ0n) is 19.8. The van der Waals surface area contributed by atoms with Crippen molar-refractivity contribution in [3.8, 4) is 16.9 Å². The summed E-state index contributed by atoms with van der Waals surface area (Å²) in [6.45, 7) is 3.53. The highest BCUT2D eigenvalue weighted by atomic mass is 32.2. The van der Waals surface area contributed by atoms with E-state index in [0.29, 0.717) is 27.8 Å². The van der Waals surface area contributed by atoms with Crippen molar-refractivity contribution in [2.75, 3.05) is 4.31 Å². The summed E-state index contributed by atoms with van der Waals surface area (Å²) in [5.41, 5.74) is 1.94. The van der Waals surface area contributed by atoms with Gasteiger partial charge < -0.3 is 14.4 Å². The molecule has 2 unspecified atom stereocenters. The number of benzene rings is 4. The van der Waals surface area contributed by atoms with Gasteiger partial charge in [0.05, 0.1) is 5.69 Å². The van der Waals surface area contributed by atoms with E-state index in [1.807, 2.05) is 18.2 Å². The van der Waals surface area contributed by atoms with Crippen molar-refractivity contribution in [2.45, 2.75) is 26.5 Å². The maximum atomic E-state index is 15.0. The fourth-order valence-corrected chi connectivity index (χ4v) is 4.91. The van der Waals surface area contributed by atoms with Crippen LogP contribution in [0.5, 0.6) is 5.75 Å². The van der Waals surface area contributed by atoms with Crippen LogP contribution in [0, 0.1) is 11.7 Å². The molecule has 36 heavy (non-hydrogen) atoms. The Labute approximate surface area is 211 Å². The van der Waals surface area contributed by atoms with Crippen LogP contribution in [-0.2, 0) is 22.7 Å². The minimum absolute atomic E-state index is 0.316. The zero-order valence-corrected chi connectivity index (χ0v) is 20.6. The van der Waals surface area contributed by atoms with E-state index in [2.05, 4.69) is 24.3 Å². The molecule has 4 aromatic carbocycles. The molecule has 0 amide bonds. The Kier molecular flexibility index (Phi) is 7.67. The first kappa shape index (κ1) is 25.3. The van der Waals surface area contributed by atoms with Crippen LogP contribution in [0.15, 0.2) is 84.9 Å². The molecule has 0 aliphatic heterocycles. The van der Waals surface area contributed by atoms with Crippen molar-refractivity contribution in [3.63, 3.8) is 0 Å². The molecule has 0 fully saturated rings. The average Bonchev–Trinajstić information content (AvgIpc) is 2.85. The van der Waals surface area contributed by atoms with Crippen LogP contribution in [0.1, 0.15) is 19.4 Å². The number of carboxylic acids is 1. The number of hydrogen-bond acceptors (Lipinski definition) is 4. The molecule has 2 atom stereocenters. The van der Waals surface area contributed by atoms with Crippen molar-refractivity contribution in [1.82, 2.24) is 0 Å². The standard InChI is InChI=1S/C28H26FNO5S/c1-18(2)27(28(31)32)30(36(33)34)26-14-11-23(16-25(26)29)21-9-12-24(13-10-21)35-17-19-7-8-20-5-3-4-6-22(20)15-19/h3-16,18,27H,17H2,1-2H3,(H,31,32)(H,33,34)/p-1. The Morgan fingerprint density at radius 2 is 1.64 bits per heavy atom. The number of nitrogens with zero attached hydrogens (tertiary/aromatic N) is 1. The maximum Gasteiger partial charge on any atom is 0.327 e. The first-order valence-electron chi connectivity index (χ1n) is 11.4. The highest BCUT2D eigenvalue weighted by molar-refractivity contribution is 7.80. The van der Waals surface area contributed by atoms with Gasteiger partial charge in [-0.05, 0) is 63.7 Å². The van der Waals surface area contributed by atoms with Gasteiger partial charge in [-0.1, -0.05) is 68.4 Å². The molecule has 8 heteroatoms. The quantitative estimate of drug-likeness (QED) is 0.284. The van der Waals surface area contributed by atoms with Gasteiger partial charge in [0.15, 0.2) is 0 Å². The Hall–Kier alpha value is -3.75. The van der Waals surface area contributed by atoms with Crippen LogP contribution >= 0.6 is 0 Å². The minimum Gasteiger partial charge on any atom is -0.755 e. The Balaban J connectivity index is 1.50. The van der Waals surface area contributed by atoms with Crippen molar-refractivity contribution in [2.24, 2.45) is 5.92 Å². The third-order valence-corrected chi connectivity index (χ3v) is 6.63. The van der Waals surface area contributed by atoms with E-state index in [1.165, 1.54) is 12.1 Å². The van der Waals surface area contributed by atoms with E-state index >= 15 is 0 Å². The topological polar surface area (TPSA) is 89.9 Å². The first-order chi connectivity index (χ1) is 17.2. The van der Waals surface area contributed by atoms with E-state index in [0.717, 1.165) is 16.3 Å². The molecule has 0 heterocycles. The molecule has 0 saturated carbocycles. The third-order valence-electron chi connectivity index (χ3n) is 5.89. The SMILES string of the molecule is CC(C)C(C(=O)O)N(c1ccc(-c2ccc(OCc3ccc4ccccc4c3)cc2)cc1F)S(=O)[O-]. The van der Waals surface area contributed by atoms with Crippen LogP contribution in [-0.4, -0.2) is 25.9 Å². The average molecular weight is 507 g/mol. The molecule has 0 saturated heterocycles. The number of fused-ring (bicyclic) bond motifs is 1. The molecule has 4 aromatic rings. The molecule has 0 spiro atoms. The summed E-state index contributed by atoms with van der Waals surface area (Å²) in [6, 6.07) is 24.0. The number of anilines is 1. The smallest absolute Gasteiger partial charge is 0.327 e. The van der Waals surface area contributed by atoms with Crippen LogP contribution in [0.25, 0.3) is 21.9 Å². The van der Waals surface area contributed by atoms with Gasteiger partial charge >= 0.3 is 5.97 Å². The Morgan fingerprint density at radius 1 is 0.972 bits per heavy atom. The molecule has 1 N–H and O–H groups in total. The summed E-state index contributed by atoms with van der Waals surface area (Å²) < 4.78 is 45.1.